The Morgan fingerprint density at radius 3 is 2.71 bits per heavy atom. The van der Waals surface area contributed by atoms with Crippen molar-refractivity contribution in [3.63, 3.8) is 0 Å². The summed E-state index contributed by atoms with van der Waals surface area (Å²) in [5.74, 6) is -0.816. The number of nitrogens with zero attached hydrogens (tertiary/aromatic N) is 3. The van der Waals surface area contributed by atoms with Crippen molar-refractivity contribution >= 4 is 51.0 Å². The van der Waals surface area contributed by atoms with Crippen molar-refractivity contribution in [1.29, 1.82) is 0 Å². The van der Waals surface area contributed by atoms with Crippen molar-refractivity contribution in [2.45, 2.75) is 11.7 Å². The van der Waals surface area contributed by atoms with E-state index < -0.39 is 11.2 Å². The molecule has 4 rings (SSSR count). The Kier molecular flexibility index (Phi) is 4.90. The lowest BCUT2D eigenvalue weighted by Crippen LogP contribution is -2.21. The first kappa shape index (κ1) is 17.9. The molecule has 2 aromatic carbocycles. The first-order valence-electron chi connectivity index (χ1n) is 8.45. The third-order valence-corrected chi connectivity index (χ3v) is 5.09. The quantitative estimate of drug-likeness (QED) is 0.581. The second kappa shape index (κ2) is 7.65. The minimum Gasteiger partial charge on any atom is -0.493 e. The molecule has 0 aliphatic carbocycles. The van der Waals surface area contributed by atoms with E-state index in [0.717, 1.165) is 17.3 Å². The van der Waals surface area contributed by atoms with Gasteiger partial charge in [-0.3, -0.25) is 9.59 Å². The summed E-state index contributed by atoms with van der Waals surface area (Å²) >= 11 is 1.08. The smallest absolute Gasteiger partial charge is 0.262 e. The zero-order valence-electron chi connectivity index (χ0n) is 14.5. The molecule has 1 aliphatic rings. The normalized spacial score (nSPS) is 16.6. The Morgan fingerprint density at radius 2 is 1.89 bits per heavy atom. The number of H-pyrrole nitrogens is 1. The molecular formula is C19H15N5O3S. The van der Waals surface area contributed by atoms with Gasteiger partial charge >= 0.3 is 0 Å². The highest BCUT2D eigenvalue weighted by molar-refractivity contribution is 8.15. The van der Waals surface area contributed by atoms with E-state index in [9.17, 15) is 14.7 Å². The van der Waals surface area contributed by atoms with Crippen LogP contribution in [0.3, 0.4) is 0 Å². The zero-order chi connectivity index (χ0) is 19.5. The molecule has 3 aromatic rings. The number of aliphatic imine (C=N–C) groups is 1. The highest BCUT2D eigenvalue weighted by atomic mass is 32.2. The molecule has 140 valence electrons. The van der Waals surface area contributed by atoms with Gasteiger partial charge < -0.3 is 15.4 Å². The summed E-state index contributed by atoms with van der Waals surface area (Å²) in [6, 6.07) is 16.3. The molecule has 8 nitrogen and oxygen atoms in total. The molecule has 0 spiro atoms. The molecule has 1 atom stereocenters. The van der Waals surface area contributed by atoms with E-state index in [1.807, 2.05) is 30.3 Å². The second-order valence-electron chi connectivity index (χ2n) is 6.03. The number of amidine groups is 1. The van der Waals surface area contributed by atoms with Gasteiger partial charge in [0.05, 0.1) is 5.52 Å². The number of fused-ring (bicyclic) bond motifs is 1. The molecular weight excluding hydrogens is 378 g/mol. The first-order valence-corrected chi connectivity index (χ1v) is 9.33. The number of thioether (sulfide) groups is 1. The molecule has 0 unspecified atom stereocenters. The summed E-state index contributed by atoms with van der Waals surface area (Å²) in [6.45, 7) is 0. The van der Waals surface area contributed by atoms with Gasteiger partial charge in [0.15, 0.2) is 5.69 Å². The van der Waals surface area contributed by atoms with Crippen LogP contribution in [0.15, 0.2) is 69.8 Å². The summed E-state index contributed by atoms with van der Waals surface area (Å²) in [7, 11) is 0. The van der Waals surface area contributed by atoms with Gasteiger partial charge in [0.2, 0.25) is 17.0 Å². The fourth-order valence-corrected chi connectivity index (χ4v) is 3.63. The van der Waals surface area contributed by atoms with Crippen molar-refractivity contribution in [2.75, 3.05) is 5.32 Å². The van der Waals surface area contributed by atoms with Gasteiger partial charge in [-0.25, -0.2) is 0 Å². The number of hydrogen-bond acceptors (Lipinski definition) is 6. The van der Waals surface area contributed by atoms with Crippen LogP contribution in [0.5, 0.6) is 5.88 Å². The number of aromatic hydroxyl groups is 1. The molecule has 0 saturated heterocycles. The topological polar surface area (TPSA) is 119 Å². The minimum absolute atomic E-state index is 0.0146. The molecule has 1 aromatic heterocycles. The van der Waals surface area contributed by atoms with Gasteiger partial charge in [-0.15, -0.1) is 10.2 Å². The van der Waals surface area contributed by atoms with Crippen molar-refractivity contribution in [3.05, 3.63) is 54.6 Å². The number of anilines is 1. The Bertz CT molecular complexity index is 1110. The largest absolute Gasteiger partial charge is 0.493 e. The predicted octanol–water partition coefficient (Wildman–Crippen LogP) is 3.98. The van der Waals surface area contributed by atoms with Crippen LogP contribution in [0.4, 0.5) is 11.4 Å². The third-order valence-electron chi connectivity index (χ3n) is 4.05. The van der Waals surface area contributed by atoms with Crippen LogP contribution in [0.1, 0.15) is 6.42 Å². The third kappa shape index (κ3) is 3.79. The summed E-state index contributed by atoms with van der Waals surface area (Å²) in [5.41, 5.74) is 1.66. The fourth-order valence-electron chi connectivity index (χ4n) is 2.75. The minimum atomic E-state index is -0.644. The van der Waals surface area contributed by atoms with Crippen molar-refractivity contribution in [1.82, 2.24) is 4.98 Å². The number of hydrogen-bond donors (Lipinski definition) is 3. The molecule has 0 bridgehead atoms. The average molecular weight is 393 g/mol. The standard InChI is InChI=1S/C19H15N5O3S/c25-15(20-11-6-2-1-3-7-11)10-14-17(26)22-19(28-14)24-23-16-12-8-4-5-9-13(12)21-18(16)27/h1-9,14,21,27H,10H2,(H,20,25)/t14-/m1/s1. The van der Waals surface area contributed by atoms with E-state index in [0.29, 0.717) is 11.1 Å². The van der Waals surface area contributed by atoms with E-state index in [1.165, 1.54) is 0 Å². The number of rotatable bonds is 4. The molecule has 3 N–H and O–H groups in total. The van der Waals surface area contributed by atoms with Crippen molar-refractivity contribution in [3.8, 4) is 5.88 Å². The highest BCUT2D eigenvalue weighted by Gasteiger charge is 2.30. The molecule has 0 fully saturated rings. The van der Waals surface area contributed by atoms with Crippen LogP contribution >= 0.6 is 11.8 Å². The number of aromatic amines is 1. The van der Waals surface area contributed by atoms with Crippen LogP contribution in [0, 0.1) is 0 Å². The molecule has 2 amide bonds. The Labute approximate surface area is 163 Å². The van der Waals surface area contributed by atoms with Gasteiger partial charge in [0.25, 0.3) is 5.91 Å². The van der Waals surface area contributed by atoms with Crippen LogP contribution < -0.4 is 5.32 Å². The molecule has 1 aliphatic heterocycles. The number of nitrogens with one attached hydrogen (secondary N) is 2. The highest BCUT2D eigenvalue weighted by Crippen LogP contribution is 2.36. The van der Waals surface area contributed by atoms with E-state index in [2.05, 4.69) is 25.5 Å². The van der Waals surface area contributed by atoms with Crippen LogP contribution in [-0.2, 0) is 9.59 Å². The Hall–Kier alpha value is -3.46. The lowest BCUT2D eigenvalue weighted by molar-refractivity contribution is -0.121. The predicted molar refractivity (Wildman–Crippen MR) is 108 cm³/mol. The number of azo groups is 1. The van der Waals surface area contributed by atoms with E-state index in [-0.39, 0.29) is 29.1 Å². The van der Waals surface area contributed by atoms with E-state index in [4.69, 9.17) is 0 Å². The number of aromatic nitrogens is 1. The van der Waals surface area contributed by atoms with Crippen molar-refractivity contribution < 1.29 is 14.7 Å². The summed E-state index contributed by atoms with van der Waals surface area (Å²) in [4.78, 5) is 30.9. The van der Waals surface area contributed by atoms with Crippen LogP contribution in [-0.4, -0.2) is 32.3 Å². The van der Waals surface area contributed by atoms with Gasteiger partial charge in [-0.2, -0.15) is 4.99 Å². The maximum absolute atomic E-state index is 12.1. The number of carbonyl (C=O) groups excluding carboxylic acids is 2. The van der Waals surface area contributed by atoms with Crippen LogP contribution in [0.25, 0.3) is 10.9 Å². The molecule has 9 heteroatoms. The molecule has 2 heterocycles. The average Bonchev–Trinajstić information content (AvgIpc) is 3.19. The van der Waals surface area contributed by atoms with Gasteiger partial charge in [-0.05, 0) is 18.2 Å². The van der Waals surface area contributed by atoms with E-state index in [1.54, 1.807) is 24.3 Å². The lowest BCUT2D eigenvalue weighted by atomic mass is 10.2. The second-order valence-corrected chi connectivity index (χ2v) is 7.20. The number of amides is 2. The maximum Gasteiger partial charge on any atom is 0.262 e. The Balaban J connectivity index is 1.41. The number of carbonyl (C=O) groups is 2. The van der Waals surface area contributed by atoms with Gasteiger partial charge in [0.1, 0.15) is 5.25 Å². The number of benzene rings is 2. The summed E-state index contributed by atoms with van der Waals surface area (Å²) in [6.07, 6.45) is -0.0146. The van der Waals surface area contributed by atoms with E-state index >= 15 is 0 Å². The summed E-state index contributed by atoms with van der Waals surface area (Å²) in [5, 5.41) is 21.0. The number of para-hydroxylation sites is 2. The molecule has 0 saturated carbocycles. The summed E-state index contributed by atoms with van der Waals surface area (Å²) < 4.78 is 0. The molecule has 0 radical (unpaired) electrons. The first-order chi connectivity index (χ1) is 13.6. The van der Waals surface area contributed by atoms with Gasteiger partial charge in [0, 0.05) is 17.5 Å². The zero-order valence-corrected chi connectivity index (χ0v) is 15.3. The Morgan fingerprint density at radius 1 is 1.14 bits per heavy atom. The monoisotopic (exact) mass is 393 g/mol. The molecule has 28 heavy (non-hydrogen) atoms. The van der Waals surface area contributed by atoms with Gasteiger partial charge in [-0.1, -0.05) is 48.2 Å². The van der Waals surface area contributed by atoms with Crippen LogP contribution in [0.2, 0.25) is 0 Å². The lowest BCUT2D eigenvalue weighted by Gasteiger charge is -2.07. The van der Waals surface area contributed by atoms with Crippen molar-refractivity contribution in [2.24, 2.45) is 15.2 Å². The SMILES string of the molecule is O=C(C[C@H]1SC(N=Nc2c(O)[nH]c3ccccc23)=NC1=O)Nc1ccccc1. The maximum atomic E-state index is 12.1. The fraction of sp³-hybridized carbons (Fsp3) is 0.105.